The Kier molecular flexibility index (Phi) is 8.18. The van der Waals surface area contributed by atoms with Crippen molar-refractivity contribution in [1.82, 2.24) is 5.32 Å². The molecule has 0 radical (unpaired) electrons. The number of non-ortho nitro benzene ring substituents is 1. The molecule has 4 rings (SSSR count). The highest BCUT2D eigenvalue weighted by molar-refractivity contribution is 6.39. The number of hydrogen-bond acceptors (Lipinski definition) is 7. The molecular formula is C27H21Cl2N3O7. The maximum atomic E-state index is 13.2. The number of carbonyl (C=O) groups is 3. The number of anilines is 1. The molecule has 0 atom stereocenters. The molecule has 1 N–H and O–H groups in total. The zero-order chi connectivity index (χ0) is 28.3. The van der Waals surface area contributed by atoms with Crippen molar-refractivity contribution >= 4 is 58.5 Å². The van der Waals surface area contributed by atoms with Gasteiger partial charge in [0.2, 0.25) is 0 Å². The van der Waals surface area contributed by atoms with Crippen LogP contribution in [0.15, 0.2) is 60.2 Å². The van der Waals surface area contributed by atoms with Crippen LogP contribution in [0.25, 0.3) is 6.08 Å². The van der Waals surface area contributed by atoms with E-state index >= 15 is 0 Å². The Balaban J connectivity index is 1.63. The Morgan fingerprint density at radius 2 is 1.72 bits per heavy atom. The van der Waals surface area contributed by atoms with E-state index in [0.717, 1.165) is 10.5 Å². The Hall–Kier alpha value is -4.41. The largest absolute Gasteiger partial charge is 0.490 e. The summed E-state index contributed by atoms with van der Waals surface area (Å²) < 4.78 is 11.5. The maximum absolute atomic E-state index is 13.2. The van der Waals surface area contributed by atoms with Crippen LogP contribution in [0.5, 0.6) is 11.5 Å². The van der Waals surface area contributed by atoms with Gasteiger partial charge in [0.05, 0.1) is 22.2 Å². The Morgan fingerprint density at radius 3 is 2.36 bits per heavy atom. The molecule has 200 valence electrons. The minimum absolute atomic E-state index is 0.0452. The highest BCUT2D eigenvalue weighted by atomic mass is 35.5. The van der Waals surface area contributed by atoms with Gasteiger partial charge >= 0.3 is 6.03 Å². The second kappa shape index (κ2) is 11.5. The monoisotopic (exact) mass is 569 g/mol. The number of imide groups is 2. The first-order valence-corrected chi connectivity index (χ1v) is 12.3. The van der Waals surface area contributed by atoms with Gasteiger partial charge in [-0.2, -0.15) is 0 Å². The molecule has 1 aliphatic heterocycles. The lowest BCUT2D eigenvalue weighted by atomic mass is 10.1. The van der Waals surface area contributed by atoms with E-state index in [0.29, 0.717) is 16.1 Å². The first-order chi connectivity index (χ1) is 18.6. The van der Waals surface area contributed by atoms with Gasteiger partial charge in [-0.1, -0.05) is 29.3 Å². The predicted molar refractivity (Wildman–Crippen MR) is 145 cm³/mol. The van der Waals surface area contributed by atoms with E-state index in [4.69, 9.17) is 32.7 Å². The average molecular weight is 570 g/mol. The number of nitrogens with zero attached hydrogens (tertiary/aromatic N) is 2. The van der Waals surface area contributed by atoms with Gasteiger partial charge in [-0.3, -0.25) is 25.0 Å². The minimum atomic E-state index is -0.898. The van der Waals surface area contributed by atoms with E-state index in [9.17, 15) is 24.5 Å². The fourth-order valence-electron chi connectivity index (χ4n) is 3.72. The minimum Gasteiger partial charge on any atom is -0.490 e. The van der Waals surface area contributed by atoms with Gasteiger partial charge in [-0.15, -0.1) is 0 Å². The third-order valence-corrected chi connectivity index (χ3v) is 6.38. The number of carbonyl (C=O) groups excluding carboxylic acids is 3. The molecule has 3 aromatic rings. The summed E-state index contributed by atoms with van der Waals surface area (Å²) in [5.41, 5.74) is 1.62. The molecule has 0 unspecified atom stereocenters. The van der Waals surface area contributed by atoms with Crippen LogP contribution in [0, 0.1) is 17.0 Å². The van der Waals surface area contributed by atoms with Gasteiger partial charge in [-0.05, 0) is 73.0 Å². The smallest absolute Gasteiger partial charge is 0.335 e. The molecule has 10 nitrogen and oxygen atoms in total. The molecule has 4 amide bonds. The number of ether oxygens (including phenoxy) is 2. The molecule has 1 fully saturated rings. The standard InChI is InChI=1S/C27H21Cl2N3O7/c1-3-38-23-12-17(11-22(29)24(23)39-14-16-5-8-18(9-6-16)32(36)37)10-20-25(33)30-27(35)31(26(20)34)19-7-4-15(2)21(28)13-19/h4-13H,3,14H2,1-2H3,(H,30,33,35)/b20-10-. The summed E-state index contributed by atoms with van der Waals surface area (Å²) in [5, 5.41) is 13.5. The van der Waals surface area contributed by atoms with Crippen molar-refractivity contribution in [1.29, 1.82) is 0 Å². The zero-order valence-electron chi connectivity index (χ0n) is 20.7. The third-order valence-electron chi connectivity index (χ3n) is 5.69. The van der Waals surface area contributed by atoms with Crippen LogP contribution in [-0.4, -0.2) is 29.4 Å². The second-order valence-electron chi connectivity index (χ2n) is 8.37. The van der Waals surface area contributed by atoms with Crippen LogP contribution >= 0.6 is 23.2 Å². The van der Waals surface area contributed by atoms with E-state index in [-0.39, 0.29) is 46.7 Å². The fraction of sp³-hybridized carbons (Fsp3) is 0.148. The lowest BCUT2D eigenvalue weighted by Crippen LogP contribution is -2.54. The summed E-state index contributed by atoms with van der Waals surface area (Å²) in [7, 11) is 0. The van der Waals surface area contributed by atoms with Crippen LogP contribution in [0.1, 0.15) is 23.6 Å². The third kappa shape index (κ3) is 6.02. The number of amides is 4. The van der Waals surface area contributed by atoms with Gasteiger partial charge in [-0.25, -0.2) is 9.69 Å². The van der Waals surface area contributed by atoms with Gasteiger partial charge < -0.3 is 9.47 Å². The first-order valence-electron chi connectivity index (χ1n) is 11.6. The van der Waals surface area contributed by atoms with Gasteiger partial charge in [0.25, 0.3) is 17.5 Å². The van der Waals surface area contributed by atoms with Crippen LogP contribution in [-0.2, 0) is 16.2 Å². The summed E-state index contributed by atoms with van der Waals surface area (Å²) in [6, 6.07) is 12.6. The molecule has 1 heterocycles. The second-order valence-corrected chi connectivity index (χ2v) is 9.18. The number of benzene rings is 3. The Labute approximate surface area is 232 Å². The van der Waals surface area contributed by atoms with Crippen LogP contribution < -0.4 is 19.7 Å². The van der Waals surface area contributed by atoms with Gasteiger partial charge in [0.15, 0.2) is 11.5 Å². The number of aryl methyl sites for hydroxylation is 1. The molecule has 1 aliphatic rings. The molecular weight excluding hydrogens is 549 g/mol. The number of nitrogens with one attached hydrogen (secondary N) is 1. The van der Waals surface area contributed by atoms with E-state index in [1.54, 1.807) is 38.1 Å². The number of nitro benzene ring substituents is 1. The average Bonchev–Trinajstić information content (AvgIpc) is 2.88. The topological polar surface area (TPSA) is 128 Å². The van der Waals surface area contributed by atoms with Crippen LogP contribution in [0.3, 0.4) is 0 Å². The van der Waals surface area contributed by atoms with Crippen molar-refractivity contribution in [2.24, 2.45) is 0 Å². The maximum Gasteiger partial charge on any atom is 0.335 e. The fourth-order valence-corrected chi connectivity index (χ4v) is 4.17. The highest BCUT2D eigenvalue weighted by Gasteiger charge is 2.37. The molecule has 0 aliphatic carbocycles. The summed E-state index contributed by atoms with van der Waals surface area (Å²) in [6.07, 6.45) is 1.29. The first kappa shape index (κ1) is 27.6. The normalized spacial score (nSPS) is 14.4. The number of urea groups is 1. The van der Waals surface area contributed by atoms with Crippen molar-refractivity contribution in [3.8, 4) is 11.5 Å². The molecule has 12 heteroatoms. The molecule has 1 saturated heterocycles. The summed E-state index contributed by atoms with van der Waals surface area (Å²) >= 11 is 12.7. The predicted octanol–water partition coefficient (Wildman–Crippen LogP) is 5.85. The van der Waals surface area contributed by atoms with E-state index < -0.39 is 22.8 Å². The van der Waals surface area contributed by atoms with Crippen molar-refractivity contribution < 1.29 is 28.8 Å². The Bertz CT molecular complexity index is 1520. The van der Waals surface area contributed by atoms with E-state index in [1.165, 1.54) is 36.4 Å². The molecule has 0 spiro atoms. The summed E-state index contributed by atoms with van der Waals surface area (Å²) in [6.45, 7) is 3.85. The van der Waals surface area contributed by atoms with Crippen molar-refractivity contribution in [3.05, 3.63) is 97.0 Å². The molecule has 3 aromatic carbocycles. The highest BCUT2D eigenvalue weighted by Crippen LogP contribution is 2.38. The van der Waals surface area contributed by atoms with Crippen LogP contribution in [0.2, 0.25) is 10.0 Å². The number of hydrogen-bond donors (Lipinski definition) is 1. The number of nitro groups is 1. The molecule has 0 aromatic heterocycles. The van der Waals surface area contributed by atoms with E-state index in [2.05, 4.69) is 5.32 Å². The lowest BCUT2D eigenvalue weighted by molar-refractivity contribution is -0.384. The quantitative estimate of drug-likeness (QED) is 0.156. The zero-order valence-corrected chi connectivity index (χ0v) is 22.2. The lowest BCUT2D eigenvalue weighted by Gasteiger charge is -2.26. The van der Waals surface area contributed by atoms with Gasteiger partial charge in [0.1, 0.15) is 12.2 Å². The molecule has 0 saturated carbocycles. The van der Waals surface area contributed by atoms with Crippen LogP contribution in [0.4, 0.5) is 16.2 Å². The molecule has 39 heavy (non-hydrogen) atoms. The van der Waals surface area contributed by atoms with Crippen molar-refractivity contribution in [2.45, 2.75) is 20.5 Å². The summed E-state index contributed by atoms with van der Waals surface area (Å²) in [4.78, 5) is 49.5. The molecule has 0 bridgehead atoms. The number of rotatable bonds is 8. The van der Waals surface area contributed by atoms with E-state index in [1.807, 2.05) is 0 Å². The van der Waals surface area contributed by atoms with Gasteiger partial charge in [0, 0.05) is 17.2 Å². The number of halogens is 2. The van der Waals surface area contributed by atoms with Crippen molar-refractivity contribution in [3.63, 3.8) is 0 Å². The number of barbiturate groups is 1. The summed E-state index contributed by atoms with van der Waals surface area (Å²) in [5.74, 6) is -1.24. The van der Waals surface area contributed by atoms with Crippen molar-refractivity contribution in [2.75, 3.05) is 11.5 Å². The Morgan fingerprint density at radius 1 is 1.00 bits per heavy atom. The SMILES string of the molecule is CCOc1cc(/C=C2/C(=O)NC(=O)N(c3ccc(C)c(Cl)c3)C2=O)cc(Cl)c1OCc1ccc([N+](=O)[O-])cc1.